The van der Waals surface area contributed by atoms with Gasteiger partial charge in [-0.15, -0.1) is 0 Å². The van der Waals surface area contributed by atoms with Crippen molar-refractivity contribution < 1.29 is 33.0 Å². The van der Waals surface area contributed by atoms with Gasteiger partial charge in [0.25, 0.3) is 17.7 Å². The van der Waals surface area contributed by atoms with Gasteiger partial charge in [0, 0.05) is 6.54 Å². The number of halogens is 1. The van der Waals surface area contributed by atoms with E-state index in [1.54, 1.807) is 42.5 Å². The zero-order valence-corrected chi connectivity index (χ0v) is 18.5. The van der Waals surface area contributed by atoms with E-state index in [0.29, 0.717) is 11.1 Å². The number of rotatable bonds is 9. The third-order valence-electron chi connectivity index (χ3n) is 5.25. The van der Waals surface area contributed by atoms with Crippen molar-refractivity contribution in [3.05, 3.63) is 95.3 Å². The summed E-state index contributed by atoms with van der Waals surface area (Å²) in [5.41, 5.74) is 0.845. The largest absolute Gasteiger partial charge is 0.483 e. The normalized spacial score (nSPS) is 12.3. The molecule has 178 valence electrons. The molecule has 0 aliphatic carbocycles. The van der Waals surface area contributed by atoms with Crippen molar-refractivity contribution in [1.29, 1.82) is 0 Å². The van der Waals surface area contributed by atoms with Gasteiger partial charge in [0.1, 0.15) is 17.1 Å². The first-order valence-electron chi connectivity index (χ1n) is 10.8. The van der Waals surface area contributed by atoms with Gasteiger partial charge in [-0.1, -0.05) is 36.4 Å². The average molecular weight is 476 g/mol. The summed E-state index contributed by atoms with van der Waals surface area (Å²) in [5.74, 6) is -2.47. The molecule has 0 bridgehead atoms. The highest BCUT2D eigenvalue weighted by molar-refractivity contribution is 6.21. The Morgan fingerprint density at radius 1 is 0.857 bits per heavy atom. The fourth-order valence-electron chi connectivity index (χ4n) is 3.56. The van der Waals surface area contributed by atoms with Crippen LogP contribution in [0.4, 0.5) is 10.1 Å². The monoisotopic (exact) mass is 476 g/mol. The van der Waals surface area contributed by atoms with Gasteiger partial charge < -0.3 is 14.8 Å². The van der Waals surface area contributed by atoms with Crippen LogP contribution >= 0.6 is 0 Å². The number of benzene rings is 3. The van der Waals surface area contributed by atoms with E-state index in [9.17, 15) is 23.6 Å². The molecular formula is C26H21FN2O6. The van der Waals surface area contributed by atoms with Crippen LogP contribution in [0.5, 0.6) is 5.75 Å². The first kappa shape index (κ1) is 23.6. The van der Waals surface area contributed by atoms with Crippen LogP contribution in [0, 0.1) is 5.82 Å². The summed E-state index contributed by atoms with van der Waals surface area (Å²) in [5, 5.41) is 2.40. The van der Waals surface area contributed by atoms with E-state index in [4.69, 9.17) is 9.47 Å². The number of hydrogen-bond acceptors (Lipinski definition) is 6. The molecule has 0 fully saturated rings. The van der Waals surface area contributed by atoms with E-state index < -0.39 is 24.3 Å². The molecule has 3 aromatic rings. The van der Waals surface area contributed by atoms with Crippen LogP contribution in [-0.2, 0) is 9.53 Å². The fourth-order valence-corrected chi connectivity index (χ4v) is 3.56. The van der Waals surface area contributed by atoms with Gasteiger partial charge in [-0.25, -0.2) is 9.18 Å². The molecule has 0 saturated carbocycles. The van der Waals surface area contributed by atoms with Crippen molar-refractivity contribution >= 4 is 29.4 Å². The number of nitrogens with one attached hydrogen (secondary N) is 1. The molecule has 0 aromatic heterocycles. The fraction of sp³-hybridized carbons (Fsp3) is 0.154. The Hall–Kier alpha value is -4.53. The maximum absolute atomic E-state index is 13.7. The van der Waals surface area contributed by atoms with Crippen LogP contribution in [0.2, 0.25) is 0 Å². The lowest BCUT2D eigenvalue weighted by Gasteiger charge is -2.14. The molecule has 0 radical (unpaired) electrons. The molecule has 3 aromatic carbocycles. The second-order valence-corrected chi connectivity index (χ2v) is 7.61. The maximum Gasteiger partial charge on any atom is 0.341 e. The molecule has 4 rings (SSSR count). The van der Waals surface area contributed by atoms with E-state index in [-0.39, 0.29) is 48.4 Å². The number of ether oxygens (including phenoxy) is 2. The summed E-state index contributed by atoms with van der Waals surface area (Å²) in [6.45, 7) is -0.374. The number of para-hydroxylation sites is 2. The molecule has 0 spiro atoms. The van der Waals surface area contributed by atoms with Gasteiger partial charge in [0.2, 0.25) is 0 Å². The molecule has 9 heteroatoms. The molecule has 1 heterocycles. The first-order valence-corrected chi connectivity index (χ1v) is 10.8. The smallest absolute Gasteiger partial charge is 0.341 e. The van der Waals surface area contributed by atoms with Crippen LogP contribution < -0.4 is 10.1 Å². The number of fused-ring (bicyclic) bond motifs is 1. The average Bonchev–Trinajstić information content (AvgIpc) is 3.11. The highest BCUT2D eigenvalue weighted by atomic mass is 19.1. The Bertz CT molecular complexity index is 1260. The summed E-state index contributed by atoms with van der Waals surface area (Å²) < 4.78 is 24.4. The van der Waals surface area contributed by atoms with Gasteiger partial charge >= 0.3 is 5.97 Å². The number of esters is 1. The van der Waals surface area contributed by atoms with E-state index in [1.807, 2.05) is 0 Å². The number of amides is 3. The summed E-state index contributed by atoms with van der Waals surface area (Å²) in [7, 11) is 0. The van der Waals surface area contributed by atoms with E-state index in [1.165, 1.54) is 30.3 Å². The molecule has 35 heavy (non-hydrogen) atoms. The van der Waals surface area contributed by atoms with Crippen LogP contribution in [0.25, 0.3) is 0 Å². The summed E-state index contributed by atoms with van der Waals surface area (Å²) >= 11 is 0. The summed E-state index contributed by atoms with van der Waals surface area (Å²) in [4.78, 5) is 50.6. The predicted octanol–water partition coefficient (Wildman–Crippen LogP) is 3.69. The molecule has 0 unspecified atom stereocenters. The third-order valence-corrected chi connectivity index (χ3v) is 5.25. The molecule has 1 N–H and O–H groups in total. The van der Waals surface area contributed by atoms with Crippen molar-refractivity contribution in [2.24, 2.45) is 0 Å². The van der Waals surface area contributed by atoms with Crippen molar-refractivity contribution in [1.82, 2.24) is 4.90 Å². The van der Waals surface area contributed by atoms with Crippen LogP contribution in [0.1, 0.15) is 37.5 Å². The standard InChI is InChI=1S/C26H21FN2O6/c27-20-11-4-5-12-21(20)28-23(30)16-35-22-13-6-3-10-19(22)26(33)34-15-7-14-29-24(31)17-8-1-2-9-18(17)25(29)32/h1-6,8-13H,7,14-16H2,(H,28,30). The topological polar surface area (TPSA) is 102 Å². The minimum Gasteiger partial charge on any atom is -0.483 e. The third kappa shape index (κ3) is 5.35. The Labute approximate surface area is 200 Å². The van der Waals surface area contributed by atoms with E-state index in [2.05, 4.69) is 5.32 Å². The minimum absolute atomic E-state index is 0.0202. The van der Waals surface area contributed by atoms with Crippen molar-refractivity contribution in [2.45, 2.75) is 6.42 Å². The number of carbonyl (C=O) groups is 4. The van der Waals surface area contributed by atoms with Crippen molar-refractivity contribution in [3.8, 4) is 5.75 Å². The number of hydrogen-bond donors (Lipinski definition) is 1. The molecular weight excluding hydrogens is 455 g/mol. The molecule has 3 amide bonds. The number of anilines is 1. The Morgan fingerprint density at radius 3 is 2.20 bits per heavy atom. The summed E-state index contributed by atoms with van der Waals surface area (Å²) in [6, 6.07) is 18.5. The second kappa shape index (κ2) is 10.6. The van der Waals surface area contributed by atoms with Gasteiger partial charge in [-0.3, -0.25) is 19.3 Å². The van der Waals surface area contributed by atoms with Crippen molar-refractivity contribution in [3.63, 3.8) is 0 Å². The summed E-state index contributed by atoms with van der Waals surface area (Å²) in [6.07, 6.45) is 0.255. The van der Waals surface area contributed by atoms with E-state index >= 15 is 0 Å². The molecule has 0 atom stereocenters. The Morgan fingerprint density at radius 2 is 1.49 bits per heavy atom. The molecule has 8 nitrogen and oxygen atoms in total. The Balaban J connectivity index is 1.27. The lowest BCUT2D eigenvalue weighted by Crippen LogP contribution is -2.31. The zero-order chi connectivity index (χ0) is 24.8. The first-order chi connectivity index (χ1) is 17.0. The second-order valence-electron chi connectivity index (χ2n) is 7.61. The number of imide groups is 1. The maximum atomic E-state index is 13.7. The SMILES string of the molecule is O=C(COc1ccccc1C(=O)OCCCN1C(=O)c2ccccc2C1=O)Nc1ccccc1F. The highest BCUT2D eigenvalue weighted by Gasteiger charge is 2.34. The molecule has 0 saturated heterocycles. The lowest BCUT2D eigenvalue weighted by molar-refractivity contribution is -0.118. The van der Waals surface area contributed by atoms with Gasteiger partial charge in [0.15, 0.2) is 6.61 Å². The predicted molar refractivity (Wildman–Crippen MR) is 124 cm³/mol. The van der Waals surface area contributed by atoms with Gasteiger partial charge in [-0.2, -0.15) is 0 Å². The van der Waals surface area contributed by atoms with Gasteiger partial charge in [-0.05, 0) is 42.8 Å². The van der Waals surface area contributed by atoms with Crippen molar-refractivity contribution in [2.75, 3.05) is 25.1 Å². The number of carbonyl (C=O) groups excluding carboxylic acids is 4. The van der Waals surface area contributed by atoms with Crippen LogP contribution in [0.15, 0.2) is 72.8 Å². The zero-order valence-electron chi connectivity index (χ0n) is 18.5. The minimum atomic E-state index is -0.683. The lowest BCUT2D eigenvalue weighted by atomic mass is 10.1. The van der Waals surface area contributed by atoms with Crippen LogP contribution in [-0.4, -0.2) is 48.3 Å². The number of nitrogens with zero attached hydrogens (tertiary/aromatic N) is 1. The molecule has 1 aliphatic heterocycles. The Kier molecular flexibility index (Phi) is 7.15. The molecule has 1 aliphatic rings. The highest BCUT2D eigenvalue weighted by Crippen LogP contribution is 2.23. The van der Waals surface area contributed by atoms with Crippen LogP contribution in [0.3, 0.4) is 0 Å². The van der Waals surface area contributed by atoms with Gasteiger partial charge in [0.05, 0.1) is 23.4 Å². The quantitative estimate of drug-likeness (QED) is 0.287. The van der Waals surface area contributed by atoms with E-state index in [0.717, 1.165) is 4.90 Å².